The van der Waals surface area contributed by atoms with Crippen molar-refractivity contribution in [1.82, 2.24) is 15.4 Å². The number of aliphatic carboxylic acids is 1. The van der Waals surface area contributed by atoms with Gasteiger partial charge >= 0.3 is 12.0 Å². The highest BCUT2D eigenvalue weighted by atomic mass is 32.2. The number of nitrogens with one attached hydrogen (secondary N) is 3. The molecule has 0 radical (unpaired) electrons. The summed E-state index contributed by atoms with van der Waals surface area (Å²) in [6.07, 6.45) is 0.318. The fraction of sp³-hybridized carbons (Fsp3) is 0.800. The summed E-state index contributed by atoms with van der Waals surface area (Å²) in [5.41, 5.74) is 0. The monoisotopic (exact) mass is 295 g/mol. The number of carbonyl (C=O) groups excluding carboxylic acids is 1. The molecule has 19 heavy (non-hydrogen) atoms. The van der Waals surface area contributed by atoms with Crippen LogP contribution in [0.25, 0.3) is 0 Å². The molecule has 0 rings (SSSR count). The molecule has 0 fully saturated rings. The van der Waals surface area contributed by atoms with Gasteiger partial charge in [-0.1, -0.05) is 13.8 Å². The van der Waals surface area contributed by atoms with Gasteiger partial charge in [-0.2, -0.15) is 0 Å². The lowest BCUT2D eigenvalue weighted by molar-refractivity contribution is -0.141. The van der Waals surface area contributed by atoms with E-state index in [-0.39, 0.29) is 18.8 Å². The molecule has 1 unspecified atom stereocenters. The summed E-state index contributed by atoms with van der Waals surface area (Å²) in [6, 6.07) is -0.510. The van der Waals surface area contributed by atoms with Crippen LogP contribution in [0.4, 0.5) is 4.79 Å². The largest absolute Gasteiger partial charge is 0.481 e. The molecule has 0 aliphatic heterocycles. The number of carbonyl (C=O) groups is 2. The van der Waals surface area contributed by atoms with Gasteiger partial charge in [-0.15, -0.1) is 0 Å². The molecule has 0 aromatic heterocycles. The van der Waals surface area contributed by atoms with Gasteiger partial charge in [0, 0.05) is 19.6 Å². The third-order valence-electron chi connectivity index (χ3n) is 2.31. The smallest absolute Gasteiger partial charge is 0.314 e. The minimum atomic E-state index is -3.34. The summed E-state index contributed by atoms with van der Waals surface area (Å²) in [5.74, 6) is -1.65. The van der Waals surface area contributed by atoms with E-state index in [0.29, 0.717) is 13.0 Å². The predicted molar refractivity (Wildman–Crippen MR) is 70.3 cm³/mol. The zero-order valence-electron chi connectivity index (χ0n) is 11.1. The fourth-order valence-corrected chi connectivity index (χ4v) is 2.13. The second kappa shape index (κ2) is 8.70. The van der Waals surface area contributed by atoms with Crippen molar-refractivity contribution in [3.8, 4) is 0 Å². The molecule has 0 aliphatic carbocycles. The maximum Gasteiger partial charge on any atom is 0.314 e. The van der Waals surface area contributed by atoms with Crippen molar-refractivity contribution in [3.63, 3.8) is 0 Å². The Kier molecular flexibility index (Phi) is 8.08. The Morgan fingerprint density at radius 3 is 2.32 bits per heavy atom. The van der Waals surface area contributed by atoms with Crippen molar-refractivity contribution < 1.29 is 23.1 Å². The summed E-state index contributed by atoms with van der Waals surface area (Å²) in [4.78, 5) is 21.8. The van der Waals surface area contributed by atoms with E-state index in [9.17, 15) is 18.0 Å². The van der Waals surface area contributed by atoms with Crippen molar-refractivity contribution in [1.29, 1.82) is 0 Å². The Balaban J connectivity index is 3.74. The molecule has 8 nitrogen and oxygen atoms in total. The van der Waals surface area contributed by atoms with E-state index in [1.165, 1.54) is 0 Å². The molecule has 0 aliphatic rings. The van der Waals surface area contributed by atoms with Crippen molar-refractivity contribution in [2.75, 3.05) is 25.4 Å². The first kappa shape index (κ1) is 17.6. The zero-order chi connectivity index (χ0) is 14.9. The van der Waals surface area contributed by atoms with Gasteiger partial charge in [0.2, 0.25) is 10.0 Å². The molecule has 112 valence electrons. The molecule has 0 aromatic carbocycles. The molecular formula is C10H21N3O5S. The maximum absolute atomic E-state index is 11.3. The average molecular weight is 295 g/mol. The van der Waals surface area contributed by atoms with E-state index in [1.807, 2.05) is 0 Å². The molecular weight excluding hydrogens is 274 g/mol. The third-order valence-corrected chi connectivity index (χ3v) is 3.78. The molecule has 2 amide bonds. The Hall–Kier alpha value is -1.35. The van der Waals surface area contributed by atoms with Gasteiger partial charge in [0.15, 0.2) is 0 Å². The van der Waals surface area contributed by atoms with Gasteiger partial charge in [-0.05, 0) is 6.42 Å². The normalized spacial score (nSPS) is 12.7. The first-order valence-electron chi connectivity index (χ1n) is 6.00. The topological polar surface area (TPSA) is 125 Å². The Labute approximate surface area is 113 Å². The molecule has 9 heteroatoms. The lowest BCUT2D eigenvalue weighted by Crippen LogP contribution is -2.40. The Bertz CT molecular complexity index is 396. The van der Waals surface area contributed by atoms with Crippen LogP contribution < -0.4 is 15.4 Å². The van der Waals surface area contributed by atoms with Gasteiger partial charge in [0.05, 0.1) is 11.7 Å². The number of sulfonamides is 1. The van der Waals surface area contributed by atoms with Gasteiger partial charge in [0.1, 0.15) is 0 Å². The number of urea groups is 1. The highest BCUT2D eigenvalue weighted by molar-refractivity contribution is 7.89. The van der Waals surface area contributed by atoms with E-state index in [0.717, 1.165) is 0 Å². The van der Waals surface area contributed by atoms with Gasteiger partial charge in [0.25, 0.3) is 0 Å². The lowest BCUT2D eigenvalue weighted by Gasteiger charge is -2.09. The van der Waals surface area contributed by atoms with Gasteiger partial charge in [-0.3, -0.25) is 4.79 Å². The molecule has 0 saturated carbocycles. The first-order valence-corrected chi connectivity index (χ1v) is 7.65. The molecule has 0 saturated heterocycles. The van der Waals surface area contributed by atoms with Gasteiger partial charge in [-0.25, -0.2) is 17.9 Å². The van der Waals surface area contributed by atoms with Crippen LogP contribution in [0.15, 0.2) is 0 Å². The number of amides is 2. The van der Waals surface area contributed by atoms with E-state index < -0.39 is 27.9 Å². The first-order chi connectivity index (χ1) is 8.78. The molecule has 0 heterocycles. The van der Waals surface area contributed by atoms with Crippen molar-refractivity contribution >= 4 is 22.0 Å². The van der Waals surface area contributed by atoms with Crippen LogP contribution in [-0.2, 0) is 14.8 Å². The Morgan fingerprint density at radius 1 is 1.21 bits per heavy atom. The third kappa shape index (κ3) is 9.25. The van der Waals surface area contributed by atoms with E-state index in [2.05, 4.69) is 15.4 Å². The van der Waals surface area contributed by atoms with Crippen LogP contribution >= 0.6 is 0 Å². The van der Waals surface area contributed by atoms with Crippen LogP contribution in [0, 0.1) is 5.92 Å². The Morgan fingerprint density at radius 2 is 1.79 bits per heavy atom. The van der Waals surface area contributed by atoms with Crippen molar-refractivity contribution in [2.24, 2.45) is 5.92 Å². The minimum Gasteiger partial charge on any atom is -0.481 e. The van der Waals surface area contributed by atoms with E-state index >= 15 is 0 Å². The van der Waals surface area contributed by atoms with Crippen LogP contribution in [-0.4, -0.2) is 50.9 Å². The zero-order valence-corrected chi connectivity index (χ0v) is 11.9. The predicted octanol–water partition coefficient (Wildman–Crippen LogP) is -0.664. The summed E-state index contributed by atoms with van der Waals surface area (Å²) < 4.78 is 24.8. The minimum absolute atomic E-state index is 0.00431. The summed E-state index contributed by atoms with van der Waals surface area (Å²) >= 11 is 0. The fourth-order valence-electron chi connectivity index (χ4n) is 1.18. The standard InChI is InChI=1S/C10H21N3O5S/c1-3-13-19(17,18)7-6-12-10(16)11-5-4-8(2)9(14)15/h8,13H,3-7H2,1-2H3,(H,14,15)(H2,11,12,16). The van der Waals surface area contributed by atoms with Crippen LogP contribution in [0.1, 0.15) is 20.3 Å². The lowest BCUT2D eigenvalue weighted by atomic mass is 10.1. The number of hydrogen-bond acceptors (Lipinski definition) is 4. The summed E-state index contributed by atoms with van der Waals surface area (Å²) in [6.45, 7) is 3.74. The SMILES string of the molecule is CCNS(=O)(=O)CCNC(=O)NCCC(C)C(=O)O. The quantitative estimate of drug-likeness (QED) is 0.449. The molecule has 1 atom stereocenters. The van der Waals surface area contributed by atoms with Crippen LogP contribution in [0.2, 0.25) is 0 Å². The van der Waals surface area contributed by atoms with Crippen LogP contribution in [0.3, 0.4) is 0 Å². The van der Waals surface area contributed by atoms with E-state index in [1.54, 1.807) is 13.8 Å². The van der Waals surface area contributed by atoms with Crippen molar-refractivity contribution in [2.45, 2.75) is 20.3 Å². The molecule has 4 N–H and O–H groups in total. The van der Waals surface area contributed by atoms with Gasteiger partial charge < -0.3 is 15.7 Å². The highest BCUT2D eigenvalue weighted by Gasteiger charge is 2.11. The average Bonchev–Trinajstić information content (AvgIpc) is 2.28. The number of rotatable bonds is 9. The van der Waals surface area contributed by atoms with Crippen molar-refractivity contribution in [3.05, 3.63) is 0 Å². The number of carboxylic acids is 1. The van der Waals surface area contributed by atoms with Crippen LogP contribution in [0.5, 0.6) is 0 Å². The second-order valence-electron chi connectivity index (χ2n) is 4.03. The highest BCUT2D eigenvalue weighted by Crippen LogP contribution is 1.99. The van der Waals surface area contributed by atoms with E-state index in [4.69, 9.17) is 5.11 Å². The number of hydrogen-bond donors (Lipinski definition) is 4. The second-order valence-corrected chi connectivity index (χ2v) is 5.95. The molecule has 0 bridgehead atoms. The summed E-state index contributed by atoms with van der Waals surface area (Å²) in [7, 11) is -3.34. The summed E-state index contributed by atoms with van der Waals surface area (Å²) in [5, 5.41) is 13.5. The number of carboxylic acid groups (broad SMARTS) is 1. The maximum atomic E-state index is 11.3. The molecule has 0 spiro atoms. The molecule has 0 aromatic rings.